The van der Waals surface area contributed by atoms with Crippen LogP contribution in [0.5, 0.6) is 5.75 Å². The van der Waals surface area contributed by atoms with E-state index in [1.54, 1.807) is 30.3 Å². The van der Waals surface area contributed by atoms with Gasteiger partial charge in [-0.15, -0.1) is 0 Å². The Morgan fingerprint density at radius 3 is 2.67 bits per heavy atom. The summed E-state index contributed by atoms with van der Waals surface area (Å²) in [6.45, 7) is 1.85. The summed E-state index contributed by atoms with van der Waals surface area (Å²) in [5.74, 6) is 0.169. The fourth-order valence-corrected chi connectivity index (χ4v) is 2.27. The zero-order chi connectivity index (χ0) is 13.1. The van der Waals surface area contributed by atoms with Gasteiger partial charge >= 0.3 is 5.97 Å². The number of halogens is 2. The fourth-order valence-electron chi connectivity index (χ4n) is 1.50. The largest absolute Gasteiger partial charge is 0.423 e. The minimum atomic E-state index is -0.362. The van der Waals surface area contributed by atoms with Crippen molar-refractivity contribution in [3.8, 4) is 5.75 Å². The van der Waals surface area contributed by atoms with Gasteiger partial charge in [0.1, 0.15) is 5.75 Å². The monoisotopic (exact) mass is 372 g/mol. The summed E-state index contributed by atoms with van der Waals surface area (Å²) in [5.41, 5.74) is 1.37. The molecule has 0 fully saturated rings. The third-order valence-corrected chi connectivity index (χ3v) is 3.31. The molecule has 0 N–H and O–H groups in total. The average molecular weight is 373 g/mol. The van der Waals surface area contributed by atoms with Gasteiger partial charge in [-0.3, -0.25) is 0 Å². The molecule has 0 aromatic heterocycles. The van der Waals surface area contributed by atoms with Gasteiger partial charge in [-0.1, -0.05) is 17.7 Å². The predicted molar refractivity (Wildman–Crippen MR) is 80.3 cm³/mol. The van der Waals surface area contributed by atoms with Crippen LogP contribution in [0.3, 0.4) is 0 Å². The van der Waals surface area contributed by atoms with Gasteiger partial charge < -0.3 is 4.74 Å². The molecule has 2 rings (SSSR count). The molecule has 0 saturated carbocycles. The SMILES string of the molecule is Cc1cc(Cl)ccc1OC(=O)c1cccc(I)c1. The zero-order valence-electron chi connectivity index (χ0n) is 9.61. The number of aryl methyl sites for hydroxylation is 1. The maximum absolute atomic E-state index is 11.9. The summed E-state index contributed by atoms with van der Waals surface area (Å²) in [7, 11) is 0. The number of hydrogen-bond acceptors (Lipinski definition) is 2. The van der Waals surface area contributed by atoms with E-state index in [2.05, 4.69) is 22.6 Å². The number of hydrogen-bond donors (Lipinski definition) is 0. The van der Waals surface area contributed by atoms with Crippen LogP contribution in [0.1, 0.15) is 15.9 Å². The molecule has 0 heterocycles. The Balaban J connectivity index is 2.21. The molecule has 2 nitrogen and oxygen atoms in total. The van der Waals surface area contributed by atoms with Crippen LogP contribution in [-0.2, 0) is 0 Å². The molecule has 0 aliphatic rings. The topological polar surface area (TPSA) is 26.3 Å². The lowest BCUT2D eigenvalue weighted by atomic mass is 10.2. The van der Waals surface area contributed by atoms with Gasteiger partial charge in [0.2, 0.25) is 0 Å². The molecule has 2 aromatic rings. The summed E-state index contributed by atoms with van der Waals surface area (Å²) in [6.07, 6.45) is 0. The maximum atomic E-state index is 11.9. The standard InChI is InChI=1S/C14H10ClIO2/c1-9-7-11(15)5-6-13(9)18-14(17)10-3-2-4-12(16)8-10/h2-8H,1H3. The van der Waals surface area contributed by atoms with E-state index < -0.39 is 0 Å². The minimum absolute atomic E-state index is 0.362. The second-order valence-corrected chi connectivity index (χ2v) is 5.49. The first-order valence-corrected chi connectivity index (χ1v) is 6.76. The number of carbonyl (C=O) groups excluding carboxylic acids is 1. The third-order valence-electron chi connectivity index (χ3n) is 2.40. The first-order valence-electron chi connectivity index (χ1n) is 5.30. The molecule has 0 radical (unpaired) electrons. The minimum Gasteiger partial charge on any atom is -0.423 e. The lowest BCUT2D eigenvalue weighted by molar-refractivity contribution is 0.0733. The Morgan fingerprint density at radius 2 is 2.00 bits per heavy atom. The van der Waals surface area contributed by atoms with Crippen LogP contribution in [0.15, 0.2) is 42.5 Å². The highest BCUT2D eigenvalue weighted by molar-refractivity contribution is 14.1. The lowest BCUT2D eigenvalue weighted by Crippen LogP contribution is -2.09. The van der Waals surface area contributed by atoms with Gasteiger partial charge in [-0.2, -0.15) is 0 Å². The quantitative estimate of drug-likeness (QED) is 0.442. The Morgan fingerprint density at radius 1 is 1.22 bits per heavy atom. The van der Waals surface area contributed by atoms with E-state index in [-0.39, 0.29) is 5.97 Å². The Kier molecular flexibility index (Phi) is 4.24. The van der Waals surface area contributed by atoms with Crippen molar-refractivity contribution in [2.75, 3.05) is 0 Å². The molecule has 0 saturated heterocycles. The van der Waals surface area contributed by atoms with Crippen molar-refractivity contribution in [1.82, 2.24) is 0 Å². The van der Waals surface area contributed by atoms with Crippen molar-refractivity contribution in [2.24, 2.45) is 0 Å². The Labute approximate surface area is 124 Å². The highest BCUT2D eigenvalue weighted by Gasteiger charge is 2.10. The highest BCUT2D eigenvalue weighted by Crippen LogP contribution is 2.23. The lowest BCUT2D eigenvalue weighted by Gasteiger charge is -2.07. The molecule has 0 amide bonds. The molecular formula is C14H10ClIO2. The van der Waals surface area contributed by atoms with Crippen LogP contribution in [-0.4, -0.2) is 5.97 Å². The first-order chi connectivity index (χ1) is 8.56. The molecule has 0 atom stereocenters. The summed E-state index contributed by atoms with van der Waals surface area (Å²) in [6, 6.07) is 12.4. The van der Waals surface area contributed by atoms with Crippen LogP contribution >= 0.6 is 34.2 Å². The maximum Gasteiger partial charge on any atom is 0.343 e. The normalized spacial score (nSPS) is 10.2. The summed E-state index contributed by atoms with van der Waals surface area (Å²) in [5, 5.41) is 0.626. The number of carbonyl (C=O) groups is 1. The zero-order valence-corrected chi connectivity index (χ0v) is 12.5. The summed E-state index contributed by atoms with van der Waals surface area (Å²) >= 11 is 8.01. The van der Waals surface area contributed by atoms with Gasteiger partial charge in [0.25, 0.3) is 0 Å². The van der Waals surface area contributed by atoms with Crippen LogP contribution in [0.2, 0.25) is 5.02 Å². The molecule has 0 spiro atoms. The van der Waals surface area contributed by atoms with Gasteiger partial charge in [0, 0.05) is 8.59 Å². The van der Waals surface area contributed by atoms with Crippen LogP contribution in [0, 0.1) is 10.5 Å². The summed E-state index contributed by atoms with van der Waals surface area (Å²) < 4.78 is 6.34. The van der Waals surface area contributed by atoms with E-state index in [0.717, 1.165) is 9.13 Å². The van der Waals surface area contributed by atoms with E-state index in [9.17, 15) is 4.79 Å². The first kappa shape index (κ1) is 13.4. The van der Waals surface area contributed by atoms with E-state index in [1.165, 1.54) is 0 Å². The van der Waals surface area contributed by atoms with E-state index in [1.807, 2.05) is 19.1 Å². The van der Waals surface area contributed by atoms with Crippen LogP contribution in [0.25, 0.3) is 0 Å². The van der Waals surface area contributed by atoms with Gasteiger partial charge in [-0.25, -0.2) is 4.79 Å². The van der Waals surface area contributed by atoms with E-state index in [0.29, 0.717) is 16.3 Å². The highest BCUT2D eigenvalue weighted by atomic mass is 127. The molecule has 4 heteroatoms. The van der Waals surface area contributed by atoms with Crippen molar-refractivity contribution in [2.45, 2.75) is 6.92 Å². The summed E-state index contributed by atoms with van der Waals surface area (Å²) in [4.78, 5) is 11.9. The smallest absolute Gasteiger partial charge is 0.343 e. The van der Waals surface area contributed by atoms with E-state index >= 15 is 0 Å². The number of ether oxygens (including phenoxy) is 1. The number of rotatable bonds is 2. The van der Waals surface area contributed by atoms with Crippen molar-refractivity contribution >= 4 is 40.2 Å². The molecular weight excluding hydrogens is 363 g/mol. The van der Waals surface area contributed by atoms with Gasteiger partial charge in [0.05, 0.1) is 5.56 Å². The molecule has 18 heavy (non-hydrogen) atoms. The predicted octanol–water partition coefficient (Wildman–Crippen LogP) is 4.47. The second-order valence-electron chi connectivity index (χ2n) is 3.81. The van der Waals surface area contributed by atoms with Gasteiger partial charge in [0.15, 0.2) is 0 Å². The molecule has 0 bridgehead atoms. The number of benzene rings is 2. The Hall–Kier alpha value is -1.07. The van der Waals surface area contributed by atoms with Crippen molar-refractivity contribution in [3.05, 3.63) is 62.2 Å². The number of esters is 1. The Bertz CT molecular complexity index is 596. The van der Waals surface area contributed by atoms with Crippen LogP contribution < -0.4 is 4.74 Å². The molecule has 92 valence electrons. The molecule has 0 aliphatic carbocycles. The molecule has 0 unspecified atom stereocenters. The van der Waals surface area contributed by atoms with Crippen molar-refractivity contribution in [3.63, 3.8) is 0 Å². The third kappa shape index (κ3) is 3.23. The fraction of sp³-hybridized carbons (Fsp3) is 0.0714. The van der Waals surface area contributed by atoms with Gasteiger partial charge in [-0.05, 0) is 71.5 Å². The van der Waals surface area contributed by atoms with E-state index in [4.69, 9.17) is 16.3 Å². The van der Waals surface area contributed by atoms with Crippen molar-refractivity contribution < 1.29 is 9.53 Å². The second kappa shape index (κ2) is 5.71. The van der Waals surface area contributed by atoms with Crippen molar-refractivity contribution in [1.29, 1.82) is 0 Å². The molecule has 0 aliphatic heterocycles. The molecule has 2 aromatic carbocycles. The average Bonchev–Trinajstić information content (AvgIpc) is 2.32. The van der Waals surface area contributed by atoms with Crippen LogP contribution in [0.4, 0.5) is 0 Å².